The quantitative estimate of drug-likeness (QED) is 0.551. The van der Waals surface area contributed by atoms with Crippen molar-refractivity contribution in [1.29, 1.82) is 0 Å². The van der Waals surface area contributed by atoms with Gasteiger partial charge >= 0.3 is 5.97 Å². The number of esters is 1. The number of piperidine rings is 1. The Morgan fingerprint density at radius 2 is 2.00 bits per heavy atom. The molecule has 4 heterocycles. The Labute approximate surface area is 179 Å². The minimum Gasteiger partial charge on any atom is -0.459 e. The third-order valence-electron chi connectivity index (χ3n) is 5.36. The van der Waals surface area contributed by atoms with E-state index in [9.17, 15) is 18.0 Å². The van der Waals surface area contributed by atoms with E-state index in [1.807, 2.05) is 13.0 Å². The fourth-order valence-electron chi connectivity index (χ4n) is 3.63. The summed E-state index contributed by atoms with van der Waals surface area (Å²) in [5, 5.41) is 0. The van der Waals surface area contributed by atoms with Gasteiger partial charge in [-0.2, -0.15) is 4.31 Å². The van der Waals surface area contributed by atoms with E-state index < -0.39 is 21.9 Å². The molecule has 4 rings (SSSR count). The SMILES string of the molecule is Cc1cccn2c(=O)cc(COC(=O)C3CCN(S(=O)(=O)c4cccnc4)CC3)nc12. The lowest BCUT2D eigenvalue weighted by Gasteiger charge is -2.30. The van der Waals surface area contributed by atoms with Gasteiger partial charge in [0, 0.05) is 37.7 Å². The van der Waals surface area contributed by atoms with Gasteiger partial charge < -0.3 is 4.74 Å². The molecule has 31 heavy (non-hydrogen) atoms. The average Bonchev–Trinajstić information content (AvgIpc) is 2.79. The fourth-order valence-corrected chi connectivity index (χ4v) is 5.06. The molecule has 1 aliphatic heterocycles. The highest BCUT2D eigenvalue weighted by Crippen LogP contribution is 2.24. The first-order valence-corrected chi connectivity index (χ1v) is 11.3. The second-order valence-corrected chi connectivity index (χ2v) is 9.38. The van der Waals surface area contributed by atoms with Gasteiger partial charge in [0.25, 0.3) is 5.56 Å². The first-order chi connectivity index (χ1) is 14.9. The van der Waals surface area contributed by atoms with Gasteiger partial charge in [-0.1, -0.05) is 6.07 Å². The van der Waals surface area contributed by atoms with Gasteiger partial charge in [-0.25, -0.2) is 13.4 Å². The second-order valence-electron chi connectivity index (χ2n) is 7.45. The van der Waals surface area contributed by atoms with E-state index in [0.717, 1.165) is 5.56 Å². The van der Waals surface area contributed by atoms with Crippen molar-refractivity contribution in [3.8, 4) is 0 Å². The van der Waals surface area contributed by atoms with Crippen LogP contribution in [-0.2, 0) is 26.2 Å². The topological polar surface area (TPSA) is 111 Å². The van der Waals surface area contributed by atoms with Gasteiger partial charge in [-0.3, -0.25) is 19.0 Å². The van der Waals surface area contributed by atoms with Crippen molar-refractivity contribution in [2.45, 2.75) is 31.3 Å². The van der Waals surface area contributed by atoms with Crippen molar-refractivity contribution in [2.75, 3.05) is 13.1 Å². The molecule has 3 aromatic rings. The minimum absolute atomic E-state index is 0.104. The van der Waals surface area contributed by atoms with Crippen molar-refractivity contribution < 1.29 is 17.9 Å². The van der Waals surface area contributed by atoms with Crippen molar-refractivity contribution in [2.24, 2.45) is 5.92 Å². The van der Waals surface area contributed by atoms with Crippen LogP contribution in [0.5, 0.6) is 0 Å². The molecule has 0 bridgehead atoms. The van der Waals surface area contributed by atoms with Gasteiger partial charge in [-0.05, 0) is 43.5 Å². The summed E-state index contributed by atoms with van der Waals surface area (Å²) in [5.74, 6) is -0.811. The van der Waals surface area contributed by atoms with Crippen LogP contribution in [0.4, 0.5) is 0 Å². The molecule has 0 aromatic carbocycles. The van der Waals surface area contributed by atoms with E-state index in [4.69, 9.17) is 4.74 Å². The fraction of sp³-hybridized carbons (Fsp3) is 0.333. The van der Waals surface area contributed by atoms with E-state index in [1.54, 1.807) is 18.3 Å². The van der Waals surface area contributed by atoms with E-state index >= 15 is 0 Å². The molecule has 3 aromatic heterocycles. The van der Waals surface area contributed by atoms with E-state index in [-0.39, 0.29) is 30.2 Å². The predicted octanol–water partition coefficient (Wildman–Crippen LogP) is 1.54. The van der Waals surface area contributed by atoms with Crippen molar-refractivity contribution in [1.82, 2.24) is 18.7 Å². The summed E-state index contributed by atoms with van der Waals surface area (Å²) in [6.07, 6.45) is 5.20. The zero-order valence-corrected chi connectivity index (χ0v) is 17.8. The average molecular weight is 442 g/mol. The first-order valence-electron chi connectivity index (χ1n) is 9.91. The number of fused-ring (bicyclic) bond motifs is 1. The number of aromatic nitrogens is 3. The Bertz CT molecular complexity index is 1270. The highest BCUT2D eigenvalue weighted by Gasteiger charge is 2.33. The largest absolute Gasteiger partial charge is 0.459 e. The maximum Gasteiger partial charge on any atom is 0.309 e. The molecule has 0 unspecified atom stereocenters. The normalized spacial score (nSPS) is 15.8. The lowest BCUT2D eigenvalue weighted by molar-refractivity contribution is -0.151. The van der Waals surface area contributed by atoms with Gasteiger partial charge in [0.15, 0.2) is 0 Å². The molecule has 10 heteroatoms. The van der Waals surface area contributed by atoms with E-state index in [1.165, 1.54) is 33.2 Å². The summed E-state index contributed by atoms with van der Waals surface area (Å²) in [6, 6.07) is 8.05. The van der Waals surface area contributed by atoms with Crippen LogP contribution in [0.15, 0.2) is 58.6 Å². The molecular formula is C21H22N4O5S. The third-order valence-corrected chi connectivity index (χ3v) is 7.24. The van der Waals surface area contributed by atoms with Crippen LogP contribution < -0.4 is 5.56 Å². The number of ether oxygens (including phenoxy) is 1. The van der Waals surface area contributed by atoms with Crippen molar-refractivity contribution in [3.05, 3.63) is 70.5 Å². The Hall–Kier alpha value is -3.11. The summed E-state index contributed by atoms with van der Waals surface area (Å²) >= 11 is 0. The Morgan fingerprint density at radius 1 is 1.23 bits per heavy atom. The standard InChI is InChI=1S/C21H22N4O5S/c1-15-4-3-9-25-19(26)12-17(23-20(15)25)14-30-21(27)16-6-10-24(11-7-16)31(28,29)18-5-2-8-22-13-18/h2-5,8-9,12-13,16H,6-7,10-11,14H2,1H3. The number of nitrogens with zero attached hydrogens (tertiary/aromatic N) is 4. The van der Waals surface area contributed by atoms with Crippen LogP contribution >= 0.6 is 0 Å². The molecule has 0 aliphatic carbocycles. The maximum atomic E-state index is 12.7. The summed E-state index contributed by atoms with van der Waals surface area (Å²) in [4.78, 5) is 33.2. The molecule has 0 saturated carbocycles. The first kappa shape index (κ1) is 21.1. The van der Waals surface area contributed by atoms with Crippen LogP contribution in [0.25, 0.3) is 5.65 Å². The smallest absolute Gasteiger partial charge is 0.309 e. The maximum absolute atomic E-state index is 12.7. The Morgan fingerprint density at radius 3 is 2.71 bits per heavy atom. The van der Waals surface area contributed by atoms with Crippen LogP contribution in [0.1, 0.15) is 24.1 Å². The molecule has 0 N–H and O–H groups in total. The van der Waals surface area contributed by atoms with Crippen molar-refractivity contribution >= 4 is 21.6 Å². The van der Waals surface area contributed by atoms with E-state index in [2.05, 4.69) is 9.97 Å². The number of rotatable bonds is 5. The molecule has 162 valence electrons. The molecular weight excluding hydrogens is 420 g/mol. The highest BCUT2D eigenvalue weighted by atomic mass is 32.2. The number of aryl methyl sites for hydroxylation is 1. The van der Waals surface area contributed by atoms with Crippen LogP contribution in [0.2, 0.25) is 0 Å². The second kappa shape index (κ2) is 8.56. The van der Waals surface area contributed by atoms with Gasteiger partial charge in [0.05, 0.1) is 11.6 Å². The number of sulfonamides is 1. The zero-order valence-electron chi connectivity index (χ0n) is 17.0. The number of carbonyl (C=O) groups excluding carboxylic acids is 1. The van der Waals surface area contributed by atoms with Crippen LogP contribution in [0, 0.1) is 12.8 Å². The lowest BCUT2D eigenvalue weighted by atomic mass is 9.98. The Kier molecular flexibility index (Phi) is 5.84. The van der Waals surface area contributed by atoms with Crippen molar-refractivity contribution in [3.63, 3.8) is 0 Å². The number of hydrogen-bond donors (Lipinski definition) is 0. The number of hydrogen-bond acceptors (Lipinski definition) is 7. The summed E-state index contributed by atoms with van der Waals surface area (Å²) in [6.45, 7) is 2.20. The summed E-state index contributed by atoms with van der Waals surface area (Å²) in [5.41, 5.74) is 1.50. The third kappa shape index (κ3) is 4.35. The van der Waals surface area contributed by atoms with Gasteiger partial charge in [0.1, 0.15) is 17.1 Å². The molecule has 1 aliphatic rings. The molecule has 1 saturated heterocycles. The molecule has 0 amide bonds. The van der Waals surface area contributed by atoms with Crippen LogP contribution in [0.3, 0.4) is 0 Å². The van der Waals surface area contributed by atoms with Gasteiger partial charge in [0.2, 0.25) is 10.0 Å². The Balaban J connectivity index is 1.37. The number of carbonyl (C=O) groups is 1. The molecule has 0 spiro atoms. The summed E-state index contributed by atoms with van der Waals surface area (Å²) in [7, 11) is -3.62. The predicted molar refractivity (Wildman–Crippen MR) is 112 cm³/mol. The molecule has 0 atom stereocenters. The monoisotopic (exact) mass is 442 g/mol. The van der Waals surface area contributed by atoms with E-state index in [0.29, 0.717) is 24.2 Å². The number of pyridine rings is 2. The lowest BCUT2D eigenvalue weighted by Crippen LogP contribution is -2.40. The van der Waals surface area contributed by atoms with Gasteiger partial charge in [-0.15, -0.1) is 0 Å². The van der Waals surface area contributed by atoms with Crippen LogP contribution in [-0.4, -0.2) is 46.2 Å². The molecule has 0 radical (unpaired) electrons. The molecule has 9 nitrogen and oxygen atoms in total. The minimum atomic E-state index is -3.62. The highest BCUT2D eigenvalue weighted by molar-refractivity contribution is 7.89. The molecule has 1 fully saturated rings. The summed E-state index contributed by atoms with van der Waals surface area (Å²) < 4.78 is 33.5. The zero-order chi connectivity index (χ0) is 22.0.